The van der Waals surface area contributed by atoms with E-state index >= 15 is 0 Å². The summed E-state index contributed by atoms with van der Waals surface area (Å²) in [7, 11) is 0. The van der Waals surface area contributed by atoms with Gasteiger partial charge in [-0.05, 0) is 29.4 Å². The number of hydrogen-bond donors (Lipinski definition) is 2. The minimum Gasteiger partial charge on any atom is -0.478 e. The van der Waals surface area contributed by atoms with E-state index in [2.05, 4.69) is 33.0 Å². The first-order valence-corrected chi connectivity index (χ1v) is 7.29. The van der Waals surface area contributed by atoms with E-state index in [-0.39, 0.29) is 23.3 Å². The molecule has 1 aromatic rings. The van der Waals surface area contributed by atoms with Gasteiger partial charge in [0.1, 0.15) is 0 Å². The second-order valence-corrected chi connectivity index (χ2v) is 6.68. The predicted molar refractivity (Wildman–Crippen MR) is 83.4 cm³/mol. The Morgan fingerprint density at radius 3 is 2.43 bits per heavy atom. The quantitative estimate of drug-likeness (QED) is 0.811. The third kappa shape index (κ3) is 5.98. The van der Waals surface area contributed by atoms with Gasteiger partial charge in [0.2, 0.25) is 5.91 Å². The smallest absolute Gasteiger partial charge is 0.335 e. The maximum Gasteiger partial charge on any atom is 0.335 e. The van der Waals surface area contributed by atoms with Gasteiger partial charge in [0.15, 0.2) is 0 Å². The normalized spacial score (nSPS) is 11.5. The molecule has 0 radical (unpaired) electrons. The third-order valence-corrected chi connectivity index (χ3v) is 3.32. The molecule has 0 spiro atoms. The van der Waals surface area contributed by atoms with Crippen LogP contribution in [-0.2, 0) is 11.2 Å². The standard InChI is InChI=1S/C17H25NO3/c1-12(2)10-17(3,4)11-18-15(19)9-13-7-5-6-8-14(13)16(20)21/h5-8,12H,9-11H2,1-4H3,(H,18,19)(H,20,21). The first-order chi connectivity index (χ1) is 9.71. The summed E-state index contributed by atoms with van der Waals surface area (Å²) in [5.41, 5.74) is 0.772. The van der Waals surface area contributed by atoms with Crippen LogP contribution in [0.4, 0.5) is 0 Å². The Bertz CT molecular complexity index is 507. The molecule has 0 saturated heterocycles. The summed E-state index contributed by atoms with van der Waals surface area (Å²) in [5, 5.41) is 12.0. The highest BCUT2D eigenvalue weighted by molar-refractivity contribution is 5.91. The van der Waals surface area contributed by atoms with Crippen LogP contribution >= 0.6 is 0 Å². The summed E-state index contributed by atoms with van der Waals surface area (Å²) < 4.78 is 0. The van der Waals surface area contributed by atoms with Crippen LogP contribution in [0.2, 0.25) is 0 Å². The van der Waals surface area contributed by atoms with Crippen LogP contribution in [0.15, 0.2) is 24.3 Å². The van der Waals surface area contributed by atoms with Crippen molar-refractivity contribution < 1.29 is 14.7 Å². The number of hydrogen-bond acceptors (Lipinski definition) is 2. The van der Waals surface area contributed by atoms with Crippen LogP contribution in [-0.4, -0.2) is 23.5 Å². The highest BCUT2D eigenvalue weighted by Crippen LogP contribution is 2.24. The molecule has 4 nitrogen and oxygen atoms in total. The van der Waals surface area contributed by atoms with Crippen molar-refractivity contribution in [3.05, 3.63) is 35.4 Å². The van der Waals surface area contributed by atoms with Gasteiger partial charge in [-0.2, -0.15) is 0 Å². The Morgan fingerprint density at radius 2 is 1.86 bits per heavy atom. The number of rotatable bonds is 7. The van der Waals surface area contributed by atoms with E-state index < -0.39 is 5.97 Å². The van der Waals surface area contributed by atoms with E-state index in [1.807, 2.05) is 0 Å². The Morgan fingerprint density at radius 1 is 1.24 bits per heavy atom. The summed E-state index contributed by atoms with van der Waals surface area (Å²) in [6.45, 7) is 9.16. The van der Waals surface area contributed by atoms with Crippen LogP contribution in [0.5, 0.6) is 0 Å². The summed E-state index contributed by atoms with van der Waals surface area (Å²) in [4.78, 5) is 23.1. The Balaban J connectivity index is 2.61. The van der Waals surface area contributed by atoms with Crippen molar-refractivity contribution in [2.45, 2.75) is 40.5 Å². The number of benzene rings is 1. The molecule has 116 valence electrons. The lowest BCUT2D eigenvalue weighted by Gasteiger charge is -2.27. The zero-order valence-electron chi connectivity index (χ0n) is 13.3. The summed E-state index contributed by atoms with van der Waals surface area (Å²) in [6.07, 6.45) is 1.12. The number of amides is 1. The van der Waals surface area contributed by atoms with Crippen molar-refractivity contribution >= 4 is 11.9 Å². The topological polar surface area (TPSA) is 66.4 Å². The fraction of sp³-hybridized carbons (Fsp3) is 0.529. The predicted octanol–water partition coefficient (Wildman–Crippen LogP) is 3.12. The molecule has 0 bridgehead atoms. The molecule has 0 aliphatic carbocycles. The van der Waals surface area contributed by atoms with Crippen molar-refractivity contribution in [3.63, 3.8) is 0 Å². The van der Waals surface area contributed by atoms with Crippen molar-refractivity contribution in [2.75, 3.05) is 6.54 Å². The average molecular weight is 291 g/mol. The van der Waals surface area contributed by atoms with Crippen LogP contribution < -0.4 is 5.32 Å². The molecule has 1 rings (SSSR count). The number of carboxylic acid groups (broad SMARTS) is 1. The largest absolute Gasteiger partial charge is 0.478 e. The number of aromatic carboxylic acids is 1. The zero-order valence-corrected chi connectivity index (χ0v) is 13.3. The molecule has 21 heavy (non-hydrogen) atoms. The van der Waals surface area contributed by atoms with Crippen molar-refractivity contribution in [1.82, 2.24) is 5.32 Å². The van der Waals surface area contributed by atoms with Crippen molar-refractivity contribution in [2.24, 2.45) is 11.3 Å². The second-order valence-electron chi connectivity index (χ2n) is 6.68. The van der Waals surface area contributed by atoms with Gasteiger partial charge in [0.05, 0.1) is 12.0 Å². The molecule has 0 saturated carbocycles. The Labute approximate surface area is 126 Å². The van der Waals surface area contributed by atoms with E-state index in [9.17, 15) is 9.59 Å². The van der Waals surface area contributed by atoms with Gasteiger partial charge in [-0.25, -0.2) is 4.79 Å². The lowest BCUT2D eigenvalue weighted by Crippen LogP contribution is -2.35. The highest BCUT2D eigenvalue weighted by Gasteiger charge is 2.20. The molecular weight excluding hydrogens is 266 g/mol. The molecule has 2 N–H and O–H groups in total. The van der Waals surface area contributed by atoms with E-state index in [0.29, 0.717) is 18.0 Å². The minimum absolute atomic E-state index is 0.0378. The van der Waals surface area contributed by atoms with Crippen LogP contribution in [0.1, 0.15) is 50.0 Å². The lowest BCUT2D eigenvalue weighted by molar-refractivity contribution is -0.120. The molecule has 1 amide bonds. The van der Waals surface area contributed by atoms with Gasteiger partial charge in [0, 0.05) is 6.54 Å². The summed E-state index contributed by atoms with van der Waals surface area (Å²) in [6, 6.07) is 6.62. The number of nitrogens with one attached hydrogen (secondary N) is 1. The van der Waals surface area contributed by atoms with Gasteiger partial charge in [-0.1, -0.05) is 45.9 Å². The molecule has 4 heteroatoms. The van der Waals surface area contributed by atoms with E-state index in [4.69, 9.17) is 5.11 Å². The Hall–Kier alpha value is -1.84. The number of carbonyl (C=O) groups excluding carboxylic acids is 1. The third-order valence-electron chi connectivity index (χ3n) is 3.32. The van der Waals surface area contributed by atoms with Gasteiger partial charge < -0.3 is 10.4 Å². The average Bonchev–Trinajstić information content (AvgIpc) is 2.35. The minimum atomic E-state index is -1.00. The molecular formula is C17H25NO3. The van der Waals surface area contributed by atoms with Gasteiger partial charge in [0.25, 0.3) is 0 Å². The van der Waals surface area contributed by atoms with E-state index in [1.165, 1.54) is 6.07 Å². The molecule has 0 aliphatic heterocycles. The fourth-order valence-electron chi connectivity index (χ4n) is 2.63. The van der Waals surface area contributed by atoms with Gasteiger partial charge in [-0.3, -0.25) is 4.79 Å². The number of carboxylic acids is 1. The fourth-order valence-corrected chi connectivity index (χ4v) is 2.63. The van der Waals surface area contributed by atoms with Crippen molar-refractivity contribution in [3.8, 4) is 0 Å². The molecule has 0 heterocycles. The maximum atomic E-state index is 12.0. The zero-order chi connectivity index (χ0) is 16.0. The first-order valence-electron chi connectivity index (χ1n) is 7.29. The van der Waals surface area contributed by atoms with Gasteiger partial charge >= 0.3 is 5.97 Å². The van der Waals surface area contributed by atoms with E-state index in [1.54, 1.807) is 18.2 Å². The summed E-state index contributed by atoms with van der Waals surface area (Å²) >= 11 is 0. The van der Waals surface area contributed by atoms with Crippen LogP contribution in [0.3, 0.4) is 0 Å². The monoisotopic (exact) mass is 291 g/mol. The molecule has 0 aromatic heterocycles. The van der Waals surface area contributed by atoms with Gasteiger partial charge in [-0.15, -0.1) is 0 Å². The van der Waals surface area contributed by atoms with Crippen LogP contribution in [0, 0.1) is 11.3 Å². The van der Waals surface area contributed by atoms with E-state index in [0.717, 1.165) is 6.42 Å². The van der Waals surface area contributed by atoms with Crippen LogP contribution in [0.25, 0.3) is 0 Å². The van der Waals surface area contributed by atoms with Crippen molar-refractivity contribution in [1.29, 1.82) is 0 Å². The maximum absolute atomic E-state index is 12.0. The first kappa shape index (κ1) is 17.2. The Kier molecular flexibility index (Phi) is 5.94. The molecule has 0 atom stereocenters. The highest BCUT2D eigenvalue weighted by atomic mass is 16.4. The lowest BCUT2D eigenvalue weighted by atomic mass is 9.84. The second kappa shape index (κ2) is 7.25. The molecule has 0 fully saturated rings. The summed E-state index contributed by atoms with van der Waals surface area (Å²) in [5.74, 6) is -0.566. The molecule has 1 aromatic carbocycles. The molecule has 0 unspecified atom stereocenters. The SMILES string of the molecule is CC(C)CC(C)(C)CNC(=O)Cc1ccccc1C(=O)O. The molecule has 0 aliphatic rings. The number of carbonyl (C=O) groups is 2.